The Kier molecular flexibility index (Phi) is 4.33. The van der Waals surface area contributed by atoms with Crippen LogP contribution in [0.3, 0.4) is 0 Å². The number of amides is 1. The molecule has 1 aromatic heterocycles. The molecule has 0 fully saturated rings. The van der Waals surface area contributed by atoms with Crippen LogP contribution in [0.5, 0.6) is 5.75 Å². The van der Waals surface area contributed by atoms with Crippen LogP contribution in [0.15, 0.2) is 54.7 Å². The predicted octanol–water partition coefficient (Wildman–Crippen LogP) is 4.31. The van der Waals surface area contributed by atoms with Crippen molar-refractivity contribution in [3.05, 3.63) is 60.3 Å². The molecule has 0 bridgehead atoms. The van der Waals surface area contributed by atoms with E-state index in [4.69, 9.17) is 4.74 Å². The smallest absolute Gasteiger partial charge is 0.257 e. The van der Waals surface area contributed by atoms with Gasteiger partial charge in [-0.1, -0.05) is 30.3 Å². The zero-order chi connectivity index (χ0) is 16.2. The standard InChI is InChI=1S/C19H20N2O2/c1-3-21-13-15(14-9-5-7-11-17(14)21)19(22)20-16-10-6-8-12-18(16)23-4-2/h5-13H,3-4H2,1-2H3,(H,20,22). The highest BCUT2D eigenvalue weighted by atomic mass is 16.5. The summed E-state index contributed by atoms with van der Waals surface area (Å²) in [4.78, 5) is 12.7. The molecular weight excluding hydrogens is 288 g/mol. The number of hydrogen-bond donors (Lipinski definition) is 1. The van der Waals surface area contributed by atoms with Crippen LogP contribution >= 0.6 is 0 Å². The molecule has 3 aromatic rings. The normalized spacial score (nSPS) is 10.7. The van der Waals surface area contributed by atoms with Gasteiger partial charge in [0.05, 0.1) is 17.9 Å². The molecule has 23 heavy (non-hydrogen) atoms. The molecule has 1 N–H and O–H groups in total. The second-order valence-electron chi connectivity index (χ2n) is 5.23. The topological polar surface area (TPSA) is 43.3 Å². The van der Waals surface area contributed by atoms with Crippen molar-refractivity contribution < 1.29 is 9.53 Å². The molecule has 0 atom stereocenters. The van der Waals surface area contributed by atoms with Gasteiger partial charge in [-0.15, -0.1) is 0 Å². The average Bonchev–Trinajstić information content (AvgIpc) is 2.96. The zero-order valence-corrected chi connectivity index (χ0v) is 13.4. The minimum absolute atomic E-state index is 0.124. The van der Waals surface area contributed by atoms with Gasteiger partial charge in [0.1, 0.15) is 5.75 Å². The number of carbonyl (C=O) groups is 1. The Hall–Kier alpha value is -2.75. The number of para-hydroxylation sites is 3. The van der Waals surface area contributed by atoms with Gasteiger partial charge in [-0.3, -0.25) is 4.79 Å². The largest absolute Gasteiger partial charge is 0.492 e. The molecule has 0 aliphatic heterocycles. The number of benzene rings is 2. The molecule has 0 saturated carbocycles. The molecular formula is C19H20N2O2. The lowest BCUT2D eigenvalue weighted by molar-refractivity contribution is 0.102. The van der Waals surface area contributed by atoms with E-state index in [0.29, 0.717) is 23.6 Å². The van der Waals surface area contributed by atoms with E-state index >= 15 is 0 Å². The molecule has 0 spiro atoms. The first-order valence-electron chi connectivity index (χ1n) is 7.85. The Balaban J connectivity index is 1.96. The number of hydrogen-bond acceptors (Lipinski definition) is 2. The Morgan fingerprint density at radius 2 is 1.83 bits per heavy atom. The number of ether oxygens (including phenoxy) is 1. The van der Waals surface area contributed by atoms with Gasteiger partial charge in [0, 0.05) is 23.6 Å². The van der Waals surface area contributed by atoms with E-state index in [1.54, 1.807) is 0 Å². The fraction of sp³-hybridized carbons (Fsp3) is 0.211. The summed E-state index contributed by atoms with van der Waals surface area (Å²) in [5.74, 6) is 0.558. The second kappa shape index (κ2) is 6.57. The molecule has 4 nitrogen and oxygen atoms in total. The number of rotatable bonds is 5. The van der Waals surface area contributed by atoms with Crippen molar-refractivity contribution in [3.63, 3.8) is 0 Å². The zero-order valence-electron chi connectivity index (χ0n) is 13.4. The minimum atomic E-state index is -0.124. The van der Waals surface area contributed by atoms with Crippen molar-refractivity contribution >= 4 is 22.5 Å². The first kappa shape index (κ1) is 15.2. The van der Waals surface area contributed by atoms with E-state index in [2.05, 4.69) is 16.8 Å². The summed E-state index contributed by atoms with van der Waals surface area (Å²) in [6.45, 7) is 5.37. The predicted molar refractivity (Wildman–Crippen MR) is 93.2 cm³/mol. The molecule has 0 radical (unpaired) electrons. The maximum absolute atomic E-state index is 12.7. The summed E-state index contributed by atoms with van der Waals surface area (Å²) in [5.41, 5.74) is 2.43. The van der Waals surface area contributed by atoms with Gasteiger partial charge in [0.2, 0.25) is 0 Å². The highest BCUT2D eigenvalue weighted by Crippen LogP contribution is 2.26. The van der Waals surface area contributed by atoms with Crippen molar-refractivity contribution in [2.45, 2.75) is 20.4 Å². The van der Waals surface area contributed by atoms with Gasteiger partial charge in [-0.2, -0.15) is 0 Å². The summed E-state index contributed by atoms with van der Waals surface area (Å²) >= 11 is 0. The van der Waals surface area contributed by atoms with Gasteiger partial charge in [-0.05, 0) is 32.0 Å². The quantitative estimate of drug-likeness (QED) is 0.763. The van der Waals surface area contributed by atoms with Crippen molar-refractivity contribution in [2.75, 3.05) is 11.9 Å². The number of aromatic nitrogens is 1. The maximum atomic E-state index is 12.7. The SMILES string of the molecule is CCOc1ccccc1NC(=O)c1cn(CC)c2ccccc12. The van der Waals surface area contributed by atoms with Crippen LogP contribution in [0, 0.1) is 0 Å². The van der Waals surface area contributed by atoms with E-state index < -0.39 is 0 Å². The lowest BCUT2D eigenvalue weighted by Crippen LogP contribution is -2.12. The summed E-state index contributed by atoms with van der Waals surface area (Å²) < 4.78 is 7.65. The number of anilines is 1. The van der Waals surface area contributed by atoms with E-state index in [-0.39, 0.29) is 5.91 Å². The van der Waals surface area contributed by atoms with Crippen LogP contribution in [0.25, 0.3) is 10.9 Å². The highest BCUT2D eigenvalue weighted by Gasteiger charge is 2.15. The van der Waals surface area contributed by atoms with Gasteiger partial charge in [-0.25, -0.2) is 0 Å². The lowest BCUT2D eigenvalue weighted by atomic mass is 10.1. The molecule has 0 aliphatic rings. The monoisotopic (exact) mass is 308 g/mol. The van der Waals surface area contributed by atoms with Crippen molar-refractivity contribution in [1.82, 2.24) is 4.57 Å². The van der Waals surface area contributed by atoms with Gasteiger partial charge in [0.15, 0.2) is 0 Å². The molecule has 1 amide bonds. The van der Waals surface area contributed by atoms with Crippen LogP contribution in [0.2, 0.25) is 0 Å². The van der Waals surface area contributed by atoms with Crippen LogP contribution in [0.1, 0.15) is 24.2 Å². The number of nitrogens with one attached hydrogen (secondary N) is 1. The average molecular weight is 308 g/mol. The number of nitrogens with zero attached hydrogens (tertiary/aromatic N) is 1. The molecule has 0 aliphatic carbocycles. The highest BCUT2D eigenvalue weighted by molar-refractivity contribution is 6.13. The van der Waals surface area contributed by atoms with E-state index in [9.17, 15) is 4.79 Å². The molecule has 1 heterocycles. The third kappa shape index (κ3) is 2.93. The molecule has 0 saturated heterocycles. The third-order valence-corrected chi connectivity index (χ3v) is 3.81. The number of carbonyl (C=O) groups excluding carboxylic acids is 1. The Morgan fingerprint density at radius 1 is 1.09 bits per heavy atom. The van der Waals surface area contributed by atoms with Crippen LogP contribution in [-0.4, -0.2) is 17.1 Å². The molecule has 3 rings (SSSR count). The van der Waals surface area contributed by atoms with Crippen LogP contribution < -0.4 is 10.1 Å². The molecule has 118 valence electrons. The molecule has 0 unspecified atom stereocenters. The Labute approximate surface area is 135 Å². The van der Waals surface area contributed by atoms with Gasteiger partial charge in [0.25, 0.3) is 5.91 Å². The molecule has 2 aromatic carbocycles. The third-order valence-electron chi connectivity index (χ3n) is 3.81. The Bertz CT molecular complexity index is 836. The number of aryl methyl sites for hydroxylation is 1. The maximum Gasteiger partial charge on any atom is 0.257 e. The first-order valence-corrected chi connectivity index (χ1v) is 7.85. The van der Waals surface area contributed by atoms with Crippen LogP contribution in [0.4, 0.5) is 5.69 Å². The molecule has 4 heteroatoms. The Morgan fingerprint density at radius 3 is 2.61 bits per heavy atom. The summed E-state index contributed by atoms with van der Waals surface area (Å²) in [6.07, 6.45) is 1.91. The van der Waals surface area contributed by atoms with Crippen molar-refractivity contribution in [3.8, 4) is 5.75 Å². The van der Waals surface area contributed by atoms with E-state index in [1.165, 1.54) is 0 Å². The van der Waals surface area contributed by atoms with Crippen LogP contribution in [-0.2, 0) is 6.54 Å². The fourth-order valence-electron chi connectivity index (χ4n) is 2.73. The lowest BCUT2D eigenvalue weighted by Gasteiger charge is -2.10. The number of fused-ring (bicyclic) bond motifs is 1. The second-order valence-corrected chi connectivity index (χ2v) is 5.23. The summed E-state index contributed by atoms with van der Waals surface area (Å²) in [5, 5.41) is 3.92. The van der Waals surface area contributed by atoms with Gasteiger partial charge >= 0.3 is 0 Å². The minimum Gasteiger partial charge on any atom is -0.492 e. The fourth-order valence-corrected chi connectivity index (χ4v) is 2.73. The van der Waals surface area contributed by atoms with Crippen molar-refractivity contribution in [2.24, 2.45) is 0 Å². The summed E-state index contributed by atoms with van der Waals surface area (Å²) in [7, 11) is 0. The summed E-state index contributed by atoms with van der Waals surface area (Å²) in [6, 6.07) is 15.4. The van der Waals surface area contributed by atoms with E-state index in [0.717, 1.165) is 17.4 Å². The van der Waals surface area contributed by atoms with E-state index in [1.807, 2.05) is 61.7 Å². The first-order chi connectivity index (χ1) is 11.2. The van der Waals surface area contributed by atoms with Gasteiger partial charge < -0.3 is 14.6 Å². The van der Waals surface area contributed by atoms with Crippen molar-refractivity contribution in [1.29, 1.82) is 0 Å².